The molecular weight excluding hydrogens is 318 g/mol. The first-order valence-corrected chi connectivity index (χ1v) is 8.11. The minimum atomic E-state index is -0.346. The zero-order valence-corrected chi connectivity index (χ0v) is 14.0. The standard InChI is InChI=1S/C19H21N3O3/c1-2-7-17(23)21-15-10-6-11-16(12-15)22-18(24)13-20-19(25)14-8-4-3-5-9-14/h3-6,8-12H,2,7,13H2,1H3,(H,20,25)(H,21,23)(H,22,24). The molecule has 2 aromatic carbocycles. The van der Waals surface area contributed by atoms with Crippen LogP contribution in [-0.2, 0) is 9.59 Å². The molecule has 0 aromatic heterocycles. The molecule has 0 aliphatic rings. The SMILES string of the molecule is CCCC(=O)Nc1cccc(NC(=O)CNC(=O)c2ccccc2)c1. The minimum absolute atomic E-state index is 0.0684. The van der Waals surface area contributed by atoms with E-state index in [0.29, 0.717) is 23.4 Å². The summed E-state index contributed by atoms with van der Waals surface area (Å²) in [5, 5.41) is 8.02. The van der Waals surface area contributed by atoms with Crippen LogP contribution in [0, 0.1) is 0 Å². The van der Waals surface area contributed by atoms with Crippen LogP contribution >= 0.6 is 0 Å². The topological polar surface area (TPSA) is 87.3 Å². The summed E-state index contributed by atoms with van der Waals surface area (Å²) in [6.07, 6.45) is 1.21. The smallest absolute Gasteiger partial charge is 0.251 e. The van der Waals surface area contributed by atoms with Crippen LogP contribution in [0.15, 0.2) is 54.6 Å². The van der Waals surface area contributed by atoms with Gasteiger partial charge in [-0.05, 0) is 36.8 Å². The molecule has 2 rings (SSSR count). The second-order valence-corrected chi connectivity index (χ2v) is 5.48. The predicted octanol–water partition coefficient (Wildman–Crippen LogP) is 2.79. The fraction of sp³-hybridized carbons (Fsp3) is 0.211. The molecule has 0 aliphatic heterocycles. The van der Waals surface area contributed by atoms with Gasteiger partial charge in [0.1, 0.15) is 0 Å². The highest BCUT2D eigenvalue weighted by Crippen LogP contribution is 2.15. The van der Waals surface area contributed by atoms with Crippen molar-refractivity contribution in [3.63, 3.8) is 0 Å². The monoisotopic (exact) mass is 339 g/mol. The minimum Gasteiger partial charge on any atom is -0.343 e. The van der Waals surface area contributed by atoms with Crippen molar-refractivity contribution in [3.8, 4) is 0 Å². The lowest BCUT2D eigenvalue weighted by Crippen LogP contribution is -2.32. The van der Waals surface area contributed by atoms with Gasteiger partial charge in [-0.2, -0.15) is 0 Å². The van der Waals surface area contributed by atoms with Gasteiger partial charge in [0.05, 0.1) is 6.54 Å². The Morgan fingerprint density at radius 2 is 1.48 bits per heavy atom. The molecule has 0 radical (unpaired) electrons. The van der Waals surface area contributed by atoms with E-state index in [4.69, 9.17) is 0 Å². The molecular formula is C19H21N3O3. The van der Waals surface area contributed by atoms with Crippen molar-refractivity contribution >= 4 is 29.1 Å². The molecule has 0 saturated carbocycles. The number of anilines is 2. The van der Waals surface area contributed by atoms with Crippen LogP contribution in [0.5, 0.6) is 0 Å². The number of benzene rings is 2. The van der Waals surface area contributed by atoms with E-state index in [2.05, 4.69) is 16.0 Å². The van der Waals surface area contributed by atoms with Crippen molar-refractivity contribution in [2.45, 2.75) is 19.8 Å². The molecule has 0 fully saturated rings. The lowest BCUT2D eigenvalue weighted by Gasteiger charge is -2.09. The van der Waals surface area contributed by atoms with Crippen molar-refractivity contribution < 1.29 is 14.4 Å². The van der Waals surface area contributed by atoms with E-state index in [0.717, 1.165) is 6.42 Å². The Labute approximate surface area is 146 Å². The van der Waals surface area contributed by atoms with Crippen LogP contribution in [0.3, 0.4) is 0 Å². The fourth-order valence-corrected chi connectivity index (χ4v) is 2.18. The zero-order valence-electron chi connectivity index (χ0n) is 14.0. The van der Waals surface area contributed by atoms with Crippen molar-refractivity contribution in [2.75, 3.05) is 17.2 Å². The van der Waals surface area contributed by atoms with E-state index >= 15 is 0 Å². The normalized spacial score (nSPS) is 9.96. The van der Waals surface area contributed by atoms with Crippen LogP contribution in [0.1, 0.15) is 30.1 Å². The lowest BCUT2D eigenvalue weighted by molar-refractivity contribution is -0.116. The van der Waals surface area contributed by atoms with Crippen LogP contribution in [-0.4, -0.2) is 24.3 Å². The highest BCUT2D eigenvalue weighted by molar-refractivity contribution is 5.99. The van der Waals surface area contributed by atoms with E-state index in [1.54, 1.807) is 48.5 Å². The Morgan fingerprint density at radius 1 is 0.840 bits per heavy atom. The Kier molecular flexibility index (Phi) is 6.71. The molecule has 0 bridgehead atoms. The van der Waals surface area contributed by atoms with E-state index in [1.165, 1.54) is 0 Å². The zero-order chi connectivity index (χ0) is 18.1. The maximum absolute atomic E-state index is 12.0. The van der Waals surface area contributed by atoms with Gasteiger partial charge in [0.25, 0.3) is 5.91 Å². The highest BCUT2D eigenvalue weighted by Gasteiger charge is 2.08. The van der Waals surface area contributed by atoms with Gasteiger partial charge < -0.3 is 16.0 Å². The third kappa shape index (κ3) is 6.10. The second-order valence-electron chi connectivity index (χ2n) is 5.48. The molecule has 0 atom stereocenters. The molecule has 25 heavy (non-hydrogen) atoms. The second kappa shape index (κ2) is 9.22. The van der Waals surface area contributed by atoms with E-state index in [-0.39, 0.29) is 24.3 Å². The Hall–Kier alpha value is -3.15. The van der Waals surface area contributed by atoms with Crippen molar-refractivity contribution in [3.05, 3.63) is 60.2 Å². The van der Waals surface area contributed by atoms with Crippen LogP contribution < -0.4 is 16.0 Å². The molecule has 6 heteroatoms. The van der Waals surface area contributed by atoms with E-state index in [1.807, 2.05) is 13.0 Å². The average Bonchev–Trinajstić information content (AvgIpc) is 2.61. The summed E-state index contributed by atoms with van der Waals surface area (Å²) in [6, 6.07) is 15.6. The van der Waals surface area contributed by atoms with Crippen LogP contribution in [0.25, 0.3) is 0 Å². The Balaban J connectivity index is 1.86. The number of hydrogen-bond acceptors (Lipinski definition) is 3. The predicted molar refractivity (Wildman–Crippen MR) is 97.4 cm³/mol. The van der Waals surface area contributed by atoms with Gasteiger partial charge in [-0.15, -0.1) is 0 Å². The van der Waals surface area contributed by atoms with Gasteiger partial charge in [0.2, 0.25) is 11.8 Å². The molecule has 0 aliphatic carbocycles. The summed E-state index contributed by atoms with van der Waals surface area (Å²) < 4.78 is 0. The van der Waals surface area contributed by atoms with Gasteiger partial charge in [-0.1, -0.05) is 31.2 Å². The number of carbonyl (C=O) groups excluding carboxylic acids is 3. The largest absolute Gasteiger partial charge is 0.343 e. The molecule has 3 amide bonds. The van der Waals surface area contributed by atoms with Gasteiger partial charge in [0, 0.05) is 23.4 Å². The Bertz CT molecular complexity index is 745. The summed E-state index contributed by atoms with van der Waals surface area (Å²) in [6.45, 7) is 1.79. The third-order valence-electron chi connectivity index (χ3n) is 3.35. The molecule has 0 unspecified atom stereocenters. The number of hydrogen-bond donors (Lipinski definition) is 3. The first kappa shape index (κ1) is 18.2. The summed E-state index contributed by atoms with van der Waals surface area (Å²) in [4.78, 5) is 35.5. The summed E-state index contributed by atoms with van der Waals surface area (Å²) in [5.74, 6) is -0.723. The van der Waals surface area contributed by atoms with Crippen molar-refractivity contribution in [1.82, 2.24) is 5.32 Å². The third-order valence-corrected chi connectivity index (χ3v) is 3.35. The van der Waals surface area contributed by atoms with Crippen molar-refractivity contribution in [1.29, 1.82) is 0 Å². The van der Waals surface area contributed by atoms with Gasteiger partial charge in [-0.25, -0.2) is 0 Å². The quantitative estimate of drug-likeness (QED) is 0.725. The fourth-order valence-electron chi connectivity index (χ4n) is 2.18. The first-order valence-electron chi connectivity index (χ1n) is 8.11. The molecule has 0 heterocycles. The number of carbonyl (C=O) groups is 3. The molecule has 3 N–H and O–H groups in total. The van der Waals surface area contributed by atoms with E-state index in [9.17, 15) is 14.4 Å². The average molecular weight is 339 g/mol. The maximum Gasteiger partial charge on any atom is 0.251 e. The molecule has 2 aromatic rings. The number of rotatable bonds is 7. The Morgan fingerprint density at radius 3 is 2.12 bits per heavy atom. The summed E-state index contributed by atoms with van der Waals surface area (Å²) in [5.41, 5.74) is 1.66. The summed E-state index contributed by atoms with van der Waals surface area (Å²) >= 11 is 0. The first-order chi connectivity index (χ1) is 12.1. The summed E-state index contributed by atoms with van der Waals surface area (Å²) in [7, 11) is 0. The van der Waals surface area contributed by atoms with Gasteiger partial charge in [0.15, 0.2) is 0 Å². The van der Waals surface area contributed by atoms with Crippen LogP contribution in [0.4, 0.5) is 11.4 Å². The lowest BCUT2D eigenvalue weighted by atomic mass is 10.2. The molecule has 0 spiro atoms. The molecule has 6 nitrogen and oxygen atoms in total. The van der Waals surface area contributed by atoms with E-state index < -0.39 is 0 Å². The molecule has 0 saturated heterocycles. The number of nitrogens with one attached hydrogen (secondary N) is 3. The van der Waals surface area contributed by atoms with Crippen LogP contribution in [0.2, 0.25) is 0 Å². The highest BCUT2D eigenvalue weighted by atomic mass is 16.2. The number of amides is 3. The van der Waals surface area contributed by atoms with Gasteiger partial charge in [-0.3, -0.25) is 14.4 Å². The molecule has 130 valence electrons. The van der Waals surface area contributed by atoms with Crippen molar-refractivity contribution in [2.24, 2.45) is 0 Å². The van der Waals surface area contributed by atoms with Gasteiger partial charge >= 0.3 is 0 Å². The maximum atomic E-state index is 12.0.